The van der Waals surface area contributed by atoms with Crippen molar-refractivity contribution in [2.45, 2.75) is 111 Å². The van der Waals surface area contributed by atoms with Gasteiger partial charge in [0.25, 0.3) is 0 Å². The molecule has 0 aromatic rings. The van der Waals surface area contributed by atoms with Crippen molar-refractivity contribution in [2.75, 3.05) is 0 Å². The van der Waals surface area contributed by atoms with Crippen LogP contribution in [0.1, 0.15) is 105 Å². The Labute approximate surface area is 190 Å². The molecule has 0 unspecified atom stereocenters. The van der Waals surface area contributed by atoms with E-state index >= 15 is 0 Å². The first kappa shape index (κ1) is 22.2. The summed E-state index contributed by atoms with van der Waals surface area (Å²) < 4.78 is 0. The van der Waals surface area contributed by atoms with E-state index in [-0.39, 0.29) is 22.9 Å². The molecule has 0 saturated heterocycles. The van der Waals surface area contributed by atoms with Gasteiger partial charge >= 0.3 is 0 Å². The Morgan fingerprint density at radius 3 is 2.39 bits per heavy atom. The molecule has 8 atom stereocenters. The van der Waals surface area contributed by atoms with Crippen LogP contribution in [0, 0.1) is 51.8 Å². The van der Waals surface area contributed by atoms with Gasteiger partial charge in [0.05, 0.1) is 6.10 Å². The maximum absolute atomic E-state index is 13.7. The standard InChI is InChI=1S/C29H46O2/c1-18(2)7-6-8-19(3)20-9-10-21-26-22(11-13-27(20,21)4)28(5)14-12-25(31)29(15-16-29)24(28)17-23(26)30/h17-22,25-26,31H,6-16H2,1-5H3/t19-,20-,21+,22+,25+,26+,27-,28-/m1/s1. The first-order valence-corrected chi connectivity index (χ1v) is 13.6. The van der Waals surface area contributed by atoms with Crippen LogP contribution in [0.15, 0.2) is 11.6 Å². The number of allylic oxidation sites excluding steroid dienone is 1. The second-order valence-electron chi connectivity index (χ2n) is 13.4. The molecule has 0 aromatic carbocycles. The molecular formula is C29H46O2. The van der Waals surface area contributed by atoms with Crippen LogP contribution in [0.3, 0.4) is 0 Å². The van der Waals surface area contributed by atoms with Crippen LogP contribution in [0.2, 0.25) is 0 Å². The first-order valence-electron chi connectivity index (χ1n) is 13.6. The van der Waals surface area contributed by atoms with Crippen molar-refractivity contribution in [2.24, 2.45) is 51.8 Å². The number of rotatable bonds is 5. The van der Waals surface area contributed by atoms with Crippen molar-refractivity contribution in [3.63, 3.8) is 0 Å². The van der Waals surface area contributed by atoms with Gasteiger partial charge in [0.1, 0.15) is 0 Å². The molecule has 0 radical (unpaired) electrons. The summed E-state index contributed by atoms with van der Waals surface area (Å²) >= 11 is 0. The number of carbonyl (C=O) groups excluding carboxylic acids is 1. The maximum atomic E-state index is 13.7. The maximum Gasteiger partial charge on any atom is 0.159 e. The molecule has 4 fully saturated rings. The van der Waals surface area contributed by atoms with E-state index in [1.807, 2.05) is 0 Å². The van der Waals surface area contributed by atoms with Crippen LogP contribution in [0.4, 0.5) is 0 Å². The molecule has 0 bridgehead atoms. The van der Waals surface area contributed by atoms with Crippen molar-refractivity contribution < 1.29 is 9.90 Å². The molecule has 0 heterocycles. The van der Waals surface area contributed by atoms with Gasteiger partial charge in [-0.1, -0.05) is 59.5 Å². The molecule has 5 aliphatic rings. The van der Waals surface area contributed by atoms with Gasteiger partial charge < -0.3 is 5.11 Å². The quantitative estimate of drug-likeness (QED) is 0.516. The van der Waals surface area contributed by atoms with E-state index in [9.17, 15) is 9.90 Å². The molecule has 2 nitrogen and oxygen atoms in total. The minimum Gasteiger partial charge on any atom is -0.392 e. The summed E-state index contributed by atoms with van der Waals surface area (Å²) in [6.45, 7) is 12.2. The summed E-state index contributed by atoms with van der Waals surface area (Å²) in [6, 6.07) is 0. The van der Waals surface area contributed by atoms with Gasteiger partial charge in [-0.2, -0.15) is 0 Å². The lowest BCUT2D eigenvalue weighted by Crippen LogP contribution is -2.55. The lowest BCUT2D eigenvalue weighted by molar-refractivity contribution is -0.136. The van der Waals surface area contributed by atoms with Crippen molar-refractivity contribution in [1.29, 1.82) is 0 Å². The predicted molar refractivity (Wildman–Crippen MR) is 126 cm³/mol. The topological polar surface area (TPSA) is 37.3 Å². The first-order chi connectivity index (χ1) is 14.6. The van der Waals surface area contributed by atoms with Crippen molar-refractivity contribution in [3.05, 3.63) is 11.6 Å². The van der Waals surface area contributed by atoms with Crippen molar-refractivity contribution in [1.82, 2.24) is 0 Å². The number of fused-ring (bicyclic) bond motifs is 6. The number of aliphatic hydroxyl groups excluding tert-OH is 1. The number of hydrogen-bond donors (Lipinski definition) is 1. The van der Waals surface area contributed by atoms with Crippen LogP contribution in [-0.2, 0) is 4.79 Å². The van der Waals surface area contributed by atoms with E-state index in [1.165, 1.54) is 50.5 Å². The largest absolute Gasteiger partial charge is 0.392 e. The van der Waals surface area contributed by atoms with Crippen molar-refractivity contribution in [3.8, 4) is 0 Å². The van der Waals surface area contributed by atoms with E-state index < -0.39 is 0 Å². The molecular weight excluding hydrogens is 380 g/mol. The molecule has 4 saturated carbocycles. The molecule has 5 aliphatic carbocycles. The number of ketones is 1. The van der Waals surface area contributed by atoms with Gasteiger partial charge in [-0.15, -0.1) is 0 Å². The zero-order chi connectivity index (χ0) is 22.2. The van der Waals surface area contributed by atoms with Crippen LogP contribution < -0.4 is 0 Å². The second-order valence-corrected chi connectivity index (χ2v) is 13.4. The molecule has 1 N–H and O–H groups in total. The summed E-state index contributed by atoms with van der Waals surface area (Å²) in [5.41, 5.74) is 1.83. The molecule has 31 heavy (non-hydrogen) atoms. The van der Waals surface area contributed by atoms with Crippen LogP contribution in [0.25, 0.3) is 0 Å². The van der Waals surface area contributed by atoms with E-state index in [2.05, 4.69) is 40.7 Å². The zero-order valence-electron chi connectivity index (χ0n) is 20.8. The fourth-order valence-corrected chi connectivity index (χ4v) is 9.54. The highest BCUT2D eigenvalue weighted by Crippen LogP contribution is 2.72. The highest BCUT2D eigenvalue weighted by Gasteiger charge is 2.66. The molecule has 0 amide bonds. The Morgan fingerprint density at radius 1 is 0.968 bits per heavy atom. The fourth-order valence-electron chi connectivity index (χ4n) is 9.54. The van der Waals surface area contributed by atoms with Gasteiger partial charge in [0, 0.05) is 11.3 Å². The second kappa shape index (κ2) is 7.44. The van der Waals surface area contributed by atoms with E-state index in [4.69, 9.17) is 0 Å². The number of carbonyl (C=O) groups is 1. The lowest BCUT2D eigenvalue weighted by atomic mass is 9.45. The van der Waals surface area contributed by atoms with Crippen LogP contribution in [-0.4, -0.2) is 17.0 Å². The minimum atomic E-state index is -0.215. The normalized spacial score (nSPS) is 46.4. The van der Waals surface area contributed by atoms with E-state index in [0.717, 1.165) is 43.4 Å². The molecule has 0 aliphatic heterocycles. The molecule has 1 spiro atoms. The highest BCUT2D eigenvalue weighted by molar-refractivity contribution is 5.95. The average molecular weight is 427 g/mol. The Bertz CT molecular complexity index is 761. The summed E-state index contributed by atoms with van der Waals surface area (Å²) in [5.74, 6) is 4.14. The summed E-state index contributed by atoms with van der Waals surface area (Å²) in [4.78, 5) is 13.7. The van der Waals surface area contributed by atoms with Gasteiger partial charge in [0.2, 0.25) is 0 Å². The van der Waals surface area contributed by atoms with E-state index in [0.29, 0.717) is 23.0 Å². The Balaban J connectivity index is 1.40. The van der Waals surface area contributed by atoms with Crippen LogP contribution >= 0.6 is 0 Å². The monoisotopic (exact) mass is 426 g/mol. The van der Waals surface area contributed by atoms with Gasteiger partial charge in [-0.05, 0) is 97.9 Å². The lowest BCUT2D eigenvalue weighted by Gasteiger charge is -2.59. The zero-order valence-corrected chi connectivity index (χ0v) is 20.8. The third-order valence-corrected chi connectivity index (χ3v) is 11.4. The van der Waals surface area contributed by atoms with Gasteiger partial charge in [-0.3, -0.25) is 4.79 Å². The number of aliphatic hydroxyl groups is 1. The molecule has 2 heteroatoms. The Kier molecular flexibility index (Phi) is 5.32. The average Bonchev–Trinajstić information content (AvgIpc) is 3.42. The Hall–Kier alpha value is -0.630. The van der Waals surface area contributed by atoms with Crippen LogP contribution in [0.5, 0.6) is 0 Å². The highest BCUT2D eigenvalue weighted by atomic mass is 16.3. The summed E-state index contributed by atoms with van der Waals surface area (Å²) in [6.07, 6.45) is 15.3. The smallest absolute Gasteiger partial charge is 0.159 e. The summed E-state index contributed by atoms with van der Waals surface area (Å²) in [7, 11) is 0. The Morgan fingerprint density at radius 2 is 1.71 bits per heavy atom. The molecule has 174 valence electrons. The minimum absolute atomic E-state index is 0.0302. The predicted octanol–water partition coefficient (Wildman–Crippen LogP) is 6.96. The third-order valence-electron chi connectivity index (χ3n) is 11.4. The fraction of sp³-hybridized carbons (Fsp3) is 0.897. The SMILES string of the molecule is CC(C)CCC[C@@H](C)[C@H]1CC[C@H]2[C@@H]3C(=O)C=C4C5(CC5)[C@@H](O)CC[C@]4(C)[C@H]3CC[C@]12C. The molecule has 0 aromatic heterocycles. The molecule has 5 rings (SSSR count). The van der Waals surface area contributed by atoms with Gasteiger partial charge in [-0.25, -0.2) is 0 Å². The summed E-state index contributed by atoms with van der Waals surface area (Å²) in [5, 5.41) is 10.8. The van der Waals surface area contributed by atoms with Crippen molar-refractivity contribution >= 4 is 5.78 Å². The van der Waals surface area contributed by atoms with Gasteiger partial charge in [0.15, 0.2) is 5.78 Å². The van der Waals surface area contributed by atoms with E-state index in [1.54, 1.807) is 0 Å². The third kappa shape index (κ3) is 3.17. The number of hydrogen-bond acceptors (Lipinski definition) is 2.